The maximum atomic E-state index is 12.1. The lowest BCUT2D eigenvalue weighted by Gasteiger charge is -2.28. The Bertz CT molecular complexity index is 323. The van der Waals surface area contributed by atoms with Crippen molar-refractivity contribution in [2.24, 2.45) is 5.41 Å². The molecule has 0 aromatic heterocycles. The van der Waals surface area contributed by atoms with E-state index in [9.17, 15) is 22.8 Å². The Morgan fingerprint density at radius 3 is 1.71 bits per heavy atom. The van der Waals surface area contributed by atoms with Gasteiger partial charge in [0.15, 0.2) is 5.41 Å². The minimum atomic E-state index is -4.82. The van der Waals surface area contributed by atoms with Crippen LogP contribution in [-0.2, 0) is 23.8 Å². The molecule has 0 bridgehead atoms. The number of ether oxygens (including phenoxy) is 3. The first-order valence-electron chi connectivity index (χ1n) is 6.78. The van der Waals surface area contributed by atoms with Crippen LogP contribution in [0.4, 0.5) is 13.2 Å². The number of hydrogen-bond acceptors (Lipinski definition) is 5. The van der Waals surface area contributed by atoms with E-state index in [1.807, 2.05) is 0 Å². The molecule has 5 nitrogen and oxygen atoms in total. The molecule has 0 N–H and O–H groups in total. The van der Waals surface area contributed by atoms with E-state index in [-0.39, 0.29) is 19.6 Å². The average Bonchev–Trinajstić information content (AvgIpc) is 2.36. The minimum Gasteiger partial charge on any atom is -0.465 e. The van der Waals surface area contributed by atoms with Gasteiger partial charge in [-0.15, -0.1) is 13.2 Å². The average molecular weight is 314 g/mol. The van der Waals surface area contributed by atoms with Gasteiger partial charge in [0.25, 0.3) is 0 Å². The van der Waals surface area contributed by atoms with Crippen molar-refractivity contribution < 1.29 is 37.0 Å². The van der Waals surface area contributed by atoms with Crippen LogP contribution >= 0.6 is 0 Å². The van der Waals surface area contributed by atoms with Crippen molar-refractivity contribution in [3.63, 3.8) is 0 Å². The molecule has 0 rings (SSSR count). The van der Waals surface area contributed by atoms with Crippen molar-refractivity contribution in [1.29, 1.82) is 0 Å². The second kappa shape index (κ2) is 8.86. The van der Waals surface area contributed by atoms with E-state index in [0.29, 0.717) is 6.42 Å². The fraction of sp³-hybridized carbons (Fsp3) is 0.846. The highest BCUT2D eigenvalue weighted by atomic mass is 19.4. The van der Waals surface area contributed by atoms with Gasteiger partial charge in [-0.3, -0.25) is 14.3 Å². The lowest BCUT2D eigenvalue weighted by molar-refractivity contribution is -0.326. The van der Waals surface area contributed by atoms with E-state index in [4.69, 9.17) is 9.47 Å². The monoisotopic (exact) mass is 314 g/mol. The van der Waals surface area contributed by atoms with Crippen LogP contribution in [0.1, 0.15) is 40.0 Å². The smallest absolute Gasteiger partial charge is 0.465 e. The molecule has 0 aliphatic heterocycles. The highest BCUT2D eigenvalue weighted by Crippen LogP contribution is 2.33. The largest absolute Gasteiger partial charge is 0.522 e. The summed E-state index contributed by atoms with van der Waals surface area (Å²) in [6.45, 7) is 4.02. The topological polar surface area (TPSA) is 61.8 Å². The summed E-state index contributed by atoms with van der Waals surface area (Å²) in [5.41, 5.74) is -1.76. The van der Waals surface area contributed by atoms with Crippen molar-refractivity contribution in [2.45, 2.75) is 46.4 Å². The van der Waals surface area contributed by atoms with Crippen LogP contribution in [0.15, 0.2) is 0 Å². The van der Waals surface area contributed by atoms with Crippen LogP contribution in [0.2, 0.25) is 0 Å². The molecule has 8 heteroatoms. The molecule has 0 aromatic rings. The normalized spacial score (nSPS) is 12.1. The van der Waals surface area contributed by atoms with E-state index in [1.54, 1.807) is 20.8 Å². The Morgan fingerprint density at radius 1 is 0.905 bits per heavy atom. The number of carbonyl (C=O) groups is 2. The number of carbonyl (C=O) groups excluding carboxylic acids is 2. The van der Waals surface area contributed by atoms with Crippen LogP contribution in [-0.4, -0.2) is 38.1 Å². The van der Waals surface area contributed by atoms with Crippen molar-refractivity contribution in [3.05, 3.63) is 0 Å². The maximum absolute atomic E-state index is 12.1. The molecule has 0 aromatic carbocycles. The van der Waals surface area contributed by atoms with Gasteiger partial charge < -0.3 is 9.47 Å². The molecule has 124 valence electrons. The Labute approximate surface area is 121 Å². The highest BCUT2D eigenvalue weighted by Gasteiger charge is 2.48. The van der Waals surface area contributed by atoms with E-state index >= 15 is 0 Å². The molecule has 0 atom stereocenters. The minimum absolute atomic E-state index is 0.0177. The number of halogens is 3. The summed E-state index contributed by atoms with van der Waals surface area (Å²) < 4.78 is 49.5. The van der Waals surface area contributed by atoms with Gasteiger partial charge in [-0.05, 0) is 26.7 Å². The highest BCUT2D eigenvalue weighted by molar-refractivity contribution is 6.00. The van der Waals surface area contributed by atoms with Gasteiger partial charge in [0.05, 0.1) is 19.8 Å². The SMILES string of the molecule is CCCC(CCOC(F)(F)F)(C(=O)OCC)C(=O)OCC. The third kappa shape index (κ3) is 6.33. The Kier molecular flexibility index (Phi) is 8.31. The first kappa shape index (κ1) is 19.7. The molecule has 0 unspecified atom stereocenters. The summed E-state index contributed by atoms with van der Waals surface area (Å²) in [4.78, 5) is 24.1. The molecule has 0 aliphatic carbocycles. The van der Waals surface area contributed by atoms with E-state index < -0.39 is 36.7 Å². The van der Waals surface area contributed by atoms with Crippen molar-refractivity contribution >= 4 is 11.9 Å². The van der Waals surface area contributed by atoms with Gasteiger partial charge in [0.2, 0.25) is 0 Å². The van der Waals surface area contributed by atoms with Crippen LogP contribution in [0.5, 0.6) is 0 Å². The molecule has 21 heavy (non-hydrogen) atoms. The third-order valence-electron chi connectivity index (χ3n) is 2.80. The summed E-state index contributed by atoms with van der Waals surface area (Å²) in [6.07, 6.45) is -4.82. The number of hydrogen-bond donors (Lipinski definition) is 0. The first-order chi connectivity index (χ1) is 9.73. The van der Waals surface area contributed by atoms with Crippen molar-refractivity contribution in [3.8, 4) is 0 Å². The Morgan fingerprint density at radius 2 is 1.38 bits per heavy atom. The van der Waals surface area contributed by atoms with E-state index in [1.165, 1.54) is 0 Å². The summed E-state index contributed by atoms with van der Waals surface area (Å²) in [5, 5.41) is 0. The molecular formula is C13H21F3O5. The summed E-state index contributed by atoms with van der Waals surface area (Å²) in [5.74, 6) is -1.76. The molecule has 0 radical (unpaired) electrons. The Balaban J connectivity index is 5.17. The number of rotatable bonds is 9. The third-order valence-corrected chi connectivity index (χ3v) is 2.80. The van der Waals surface area contributed by atoms with E-state index in [2.05, 4.69) is 4.74 Å². The molecule has 0 saturated carbocycles. The molecule has 0 fully saturated rings. The quantitative estimate of drug-likeness (QED) is 0.484. The fourth-order valence-corrected chi connectivity index (χ4v) is 1.92. The maximum Gasteiger partial charge on any atom is 0.522 e. The zero-order valence-corrected chi connectivity index (χ0v) is 12.4. The van der Waals surface area contributed by atoms with Gasteiger partial charge in [-0.1, -0.05) is 13.3 Å². The van der Waals surface area contributed by atoms with Crippen LogP contribution in [0.3, 0.4) is 0 Å². The van der Waals surface area contributed by atoms with Crippen LogP contribution in [0.25, 0.3) is 0 Å². The second-order valence-corrected chi connectivity index (χ2v) is 4.32. The summed E-state index contributed by atoms with van der Waals surface area (Å²) in [6, 6.07) is 0. The standard InChI is InChI=1S/C13H21F3O5/c1-4-7-12(10(17)19-5-2,11(18)20-6-3)8-9-21-13(14,15)16/h4-9H2,1-3H3. The summed E-state index contributed by atoms with van der Waals surface area (Å²) in [7, 11) is 0. The fourth-order valence-electron chi connectivity index (χ4n) is 1.92. The lowest BCUT2D eigenvalue weighted by Crippen LogP contribution is -2.43. The van der Waals surface area contributed by atoms with Crippen molar-refractivity contribution in [2.75, 3.05) is 19.8 Å². The van der Waals surface area contributed by atoms with Gasteiger partial charge >= 0.3 is 18.3 Å². The molecular weight excluding hydrogens is 293 g/mol. The van der Waals surface area contributed by atoms with Crippen LogP contribution in [0, 0.1) is 5.41 Å². The molecule has 0 aliphatic rings. The van der Waals surface area contributed by atoms with Gasteiger partial charge in [0.1, 0.15) is 0 Å². The molecule has 0 spiro atoms. The second-order valence-electron chi connectivity index (χ2n) is 4.32. The molecule has 0 amide bonds. The summed E-state index contributed by atoms with van der Waals surface area (Å²) >= 11 is 0. The predicted molar refractivity (Wildman–Crippen MR) is 67.2 cm³/mol. The zero-order valence-electron chi connectivity index (χ0n) is 12.4. The molecule has 0 saturated heterocycles. The van der Waals surface area contributed by atoms with E-state index in [0.717, 1.165) is 0 Å². The van der Waals surface area contributed by atoms with Crippen LogP contribution < -0.4 is 0 Å². The predicted octanol–water partition coefficient (Wildman–Crippen LogP) is 2.83. The lowest BCUT2D eigenvalue weighted by atomic mass is 9.80. The van der Waals surface area contributed by atoms with Gasteiger partial charge in [0, 0.05) is 0 Å². The van der Waals surface area contributed by atoms with Gasteiger partial charge in [-0.25, -0.2) is 0 Å². The Hall–Kier alpha value is -1.31. The number of esters is 2. The molecule has 0 heterocycles. The first-order valence-corrected chi connectivity index (χ1v) is 6.78. The van der Waals surface area contributed by atoms with Gasteiger partial charge in [-0.2, -0.15) is 0 Å². The number of alkyl halides is 3. The zero-order chi connectivity index (χ0) is 16.5. The van der Waals surface area contributed by atoms with Crippen molar-refractivity contribution in [1.82, 2.24) is 0 Å².